The van der Waals surface area contributed by atoms with Crippen LogP contribution >= 0.6 is 0 Å². The number of carbonyl (C=O) groups is 1. The minimum atomic E-state index is -4.29. The minimum absolute atomic E-state index is 0.223. The molecule has 0 spiro atoms. The first-order chi connectivity index (χ1) is 6.81. The summed E-state index contributed by atoms with van der Waals surface area (Å²) in [6.45, 7) is 2.55. The second-order valence-electron chi connectivity index (χ2n) is 3.41. The van der Waals surface area contributed by atoms with E-state index in [1.165, 1.54) is 0 Å². The highest BCUT2D eigenvalue weighted by molar-refractivity contribution is 5.79. The Hall–Kier alpha value is -0.780. The zero-order chi connectivity index (χ0) is 12.1. The molecule has 0 radical (unpaired) electrons. The number of hydrogen-bond donors (Lipinski definition) is 1. The van der Waals surface area contributed by atoms with Crippen molar-refractivity contribution in [3.63, 3.8) is 0 Å². The maximum atomic E-state index is 12.2. The first-order valence-corrected chi connectivity index (χ1v) is 4.92. The van der Waals surface area contributed by atoms with E-state index in [0.717, 1.165) is 4.90 Å². The summed E-state index contributed by atoms with van der Waals surface area (Å²) < 4.78 is 36.6. The molecule has 0 aliphatic rings. The molecule has 0 aliphatic carbocycles. The normalized spacial score (nSPS) is 14.3. The highest BCUT2D eigenvalue weighted by atomic mass is 19.4. The topological polar surface area (TPSA) is 46.3 Å². The number of hydrogen-bond acceptors (Lipinski definition) is 2. The van der Waals surface area contributed by atoms with Crippen LogP contribution in [0.5, 0.6) is 0 Å². The Kier molecular flexibility index (Phi) is 5.64. The lowest BCUT2D eigenvalue weighted by Gasteiger charge is -2.29. The quantitative estimate of drug-likeness (QED) is 0.746. The molecule has 0 aliphatic heterocycles. The molecule has 90 valence electrons. The van der Waals surface area contributed by atoms with Crippen LogP contribution in [0.15, 0.2) is 0 Å². The largest absolute Gasteiger partial charge is 0.401 e. The number of nitrogens with zero attached hydrogens (tertiary/aromatic N) is 1. The van der Waals surface area contributed by atoms with E-state index in [9.17, 15) is 18.0 Å². The molecule has 0 rings (SSSR count). The molecule has 0 aromatic heterocycles. The predicted molar refractivity (Wildman–Crippen MR) is 51.2 cm³/mol. The van der Waals surface area contributed by atoms with Gasteiger partial charge in [0.05, 0.1) is 12.6 Å². The molecule has 1 unspecified atom stereocenters. The van der Waals surface area contributed by atoms with Crippen LogP contribution in [0.25, 0.3) is 0 Å². The Morgan fingerprint density at radius 2 is 1.93 bits per heavy atom. The van der Waals surface area contributed by atoms with Crippen molar-refractivity contribution in [1.82, 2.24) is 4.90 Å². The van der Waals surface area contributed by atoms with Gasteiger partial charge in [-0.1, -0.05) is 13.8 Å². The van der Waals surface area contributed by atoms with Gasteiger partial charge in [-0.15, -0.1) is 0 Å². The molecular formula is C9H17F3N2O. The summed E-state index contributed by atoms with van der Waals surface area (Å²) in [5, 5.41) is 0. The minimum Gasteiger partial charge on any atom is -0.368 e. The number of carbonyl (C=O) groups excluding carboxylic acids is 1. The average Bonchev–Trinajstić information content (AvgIpc) is 2.01. The molecule has 0 aromatic carbocycles. The summed E-state index contributed by atoms with van der Waals surface area (Å²) in [7, 11) is 0. The van der Waals surface area contributed by atoms with E-state index in [-0.39, 0.29) is 6.54 Å². The van der Waals surface area contributed by atoms with Crippen LogP contribution in [0.3, 0.4) is 0 Å². The van der Waals surface area contributed by atoms with Crippen molar-refractivity contribution in [3.05, 3.63) is 0 Å². The van der Waals surface area contributed by atoms with Gasteiger partial charge in [-0.05, 0) is 19.4 Å². The molecule has 0 saturated carbocycles. The van der Waals surface area contributed by atoms with E-state index in [1.54, 1.807) is 13.8 Å². The fraction of sp³-hybridized carbons (Fsp3) is 0.889. The van der Waals surface area contributed by atoms with Crippen molar-refractivity contribution >= 4 is 5.91 Å². The summed E-state index contributed by atoms with van der Waals surface area (Å²) in [5.41, 5.74) is 5.05. The number of amides is 1. The van der Waals surface area contributed by atoms with Crippen LogP contribution in [-0.2, 0) is 4.79 Å². The van der Waals surface area contributed by atoms with Gasteiger partial charge in [-0.2, -0.15) is 13.2 Å². The zero-order valence-electron chi connectivity index (χ0n) is 8.97. The van der Waals surface area contributed by atoms with Gasteiger partial charge in [0.25, 0.3) is 0 Å². The molecule has 2 N–H and O–H groups in total. The smallest absolute Gasteiger partial charge is 0.368 e. The van der Waals surface area contributed by atoms with Crippen molar-refractivity contribution in [1.29, 1.82) is 0 Å². The maximum absolute atomic E-state index is 12.2. The second kappa shape index (κ2) is 5.95. The van der Waals surface area contributed by atoms with Gasteiger partial charge in [0.2, 0.25) is 5.91 Å². The zero-order valence-corrected chi connectivity index (χ0v) is 8.97. The van der Waals surface area contributed by atoms with Gasteiger partial charge in [0.1, 0.15) is 0 Å². The molecule has 0 heterocycles. The average molecular weight is 226 g/mol. The molecule has 0 saturated heterocycles. The molecular weight excluding hydrogens is 209 g/mol. The summed E-state index contributed by atoms with van der Waals surface area (Å²) in [4.78, 5) is 12.0. The fourth-order valence-corrected chi connectivity index (χ4v) is 1.50. The van der Waals surface area contributed by atoms with E-state index < -0.39 is 24.7 Å². The summed E-state index contributed by atoms with van der Waals surface area (Å²) in [6.07, 6.45) is -3.44. The van der Waals surface area contributed by atoms with Gasteiger partial charge in [0, 0.05) is 0 Å². The van der Waals surface area contributed by atoms with Crippen molar-refractivity contribution in [2.45, 2.75) is 38.9 Å². The highest BCUT2D eigenvalue weighted by Gasteiger charge is 2.34. The molecule has 0 aromatic rings. The summed E-state index contributed by atoms with van der Waals surface area (Å²) in [5.74, 6) is -0.699. The van der Waals surface area contributed by atoms with E-state index in [4.69, 9.17) is 5.73 Å². The Labute approximate surface area is 87.4 Å². The molecule has 0 fully saturated rings. The maximum Gasteiger partial charge on any atom is 0.401 e. The lowest BCUT2D eigenvalue weighted by atomic mass is 10.1. The van der Waals surface area contributed by atoms with Crippen LogP contribution in [0.2, 0.25) is 0 Å². The lowest BCUT2D eigenvalue weighted by Crippen LogP contribution is -2.48. The molecule has 1 atom stereocenters. The standard InChI is InChI=1S/C9H17F3N2O/c1-3-5-14(6-9(10,11)12)7(4-2)8(13)15/h7H,3-6H2,1-2H3,(H2,13,15). The van der Waals surface area contributed by atoms with E-state index in [0.29, 0.717) is 12.8 Å². The van der Waals surface area contributed by atoms with Crippen molar-refractivity contribution in [2.75, 3.05) is 13.1 Å². The Morgan fingerprint density at radius 1 is 1.40 bits per heavy atom. The number of nitrogens with two attached hydrogens (primary N) is 1. The molecule has 1 amide bonds. The van der Waals surface area contributed by atoms with Gasteiger partial charge < -0.3 is 5.73 Å². The van der Waals surface area contributed by atoms with E-state index in [2.05, 4.69) is 0 Å². The molecule has 0 bridgehead atoms. The van der Waals surface area contributed by atoms with Crippen molar-refractivity contribution in [2.24, 2.45) is 5.73 Å². The van der Waals surface area contributed by atoms with Crippen LogP contribution < -0.4 is 5.73 Å². The third kappa shape index (κ3) is 5.61. The second-order valence-corrected chi connectivity index (χ2v) is 3.41. The molecule has 3 nitrogen and oxygen atoms in total. The van der Waals surface area contributed by atoms with Gasteiger partial charge in [0.15, 0.2) is 0 Å². The first kappa shape index (κ1) is 14.2. The van der Waals surface area contributed by atoms with Crippen molar-refractivity contribution in [3.8, 4) is 0 Å². The highest BCUT2D eigenvalue weighted by Crippen LogP contribution is 2.19. The van der Waals surface area contributed by atoms with Crippen LogP contribution in [0, 0.1) is 0 Å². The van der Waals surface area contributed by atoms with E-state index in [1.807, 2.05) is 0 Å². The fourth-order valence-electron chi connectivity index (χ4n) is 1.50. The Bertz CT molecular complexity index is 206. The lowest BCUT2D eigenvalue weighted by molar-refractivity contribution is -0.154. The summed E-state index contributed by atoms with van der Waals surface area (Å²) >= 11 is 0. The van der Waals surface area contributed by atoms with Gasteiger partial charge >= 0.3 is 6.18 Å². The van der Waals surface area contributed by atoms with Crippen molar-refractivity contribution < 1.29 is 18.0 Å². The van der Waals surface area contributed by atoms with Crippen LogP contribution in [-0.4, -0.2) is 36.1 Å². The van der Waals surface area contributed by atoms with Crippen LogP contribution in [0.4, 0.5) is 13.2 Å². The number of rotatable bonds is 6. The Morgan fingerprint density at radius 3 is 2.20 bits per heavy atom. The monoisotopic (exact) mass is 226 g/mol. The number of alkyl halides is 3. The van der Waals surface area contributed by atoms with Gasteiger partial charge in [-0.25, -0.2) is 0 Å². The SMILES string of the molecule is CCCN(CC(F)(F)F)C(CC)C(N)=O. The van der Waals surface area contributed by atoms with Crippen LogP contribution in [0.1, 0.15) is 26.7 Å². The number of primary amides is 1. The summed E-state index contributed by atoms with van der Waals surface area (Å²) in [6, 6.07) is -0.827. The third-order valence-corrected chi connectivity index (χ3v) is 2.05. The first-order valence-electron chi connectivity index (χ1n) is 4.92. The molecule has 15 heavy (non-hydrogen) atoms. The van der Waals surface area contributed by atoms with Gasteiger partial charge in [-0.3, -0.25) is 9.69 Å². The third-order valence-electron chi connectivity index (χ3n) is 2.05. The Balaban J connectivity index is 4.55. The number of halogens is 3. The molecule has 6 heteroatoms. The predicted octanol–water partition coefficient (Wildman–Crippen LogP) is 1.52. The van der Waals surface area contributed by atoms with E-state index >= 15 is 0 Å².